The highest BCUT2D eigenvalue weighted by Gasteiger charge is 2.15. The second kappa shape index (κ2) is 6.20. The summed E-state index contributed by atoms with van der Waals surface area (Å²) >= 11 is 5.68. The van der Waals surface area contributed by atoms with Crippen molar-refractivity contribution >= 4 is 28.9 Å². The van der Waals surface area contributed by atoms with Gasteiger partial charge in [0.2, 0.25) is 0 Å². The molecular weight excluding hydrogens is 260 g/mol. The van der Waals surface area contributed by atoms with Gasteiger partial charge in [-0.15, -0.1) is 0 Å². The van der Waals surface area contributed by atoms with Gasteiger partial charge in [-0.05, 0) is 18.6 Å². The zero-order valence-corrected chi connectivity index (χ0v) is 10.5. The highest BCUT2D eigenvalue weighted by atomic mass is 35.5. The number of halogens is 1. The monoisotopic (exact) mass is 272 g/mol. The van der Waals surface area contributed by atoms with Crippen LogP contribution in [0.4, 0.5) is 11.4 Å². The summed E-state index contributed by atoms with van der Waals surface area (Å²) < 4.78 is 0. The topological polar surface area (TPSA) is 92.5 Å². The second-order valence-electron chi connectivity index (χ2n) is 3.87. The van der Waals surface area contributed by atoms with Crippen molar-refractivity contribution in [2.24, 2.45) is 5.92 Å². The Morgan fingerprint density at radius 2 is 2.28 bits per heavy atom. The van der Waals surface area contributed by atoms with E-state index in [1.807, 2.05) is 0 Å². The number of aliphatic carboxylic acids is 1. The Labute approximate surface area is 109 Å². The molecule has 7 heteroatoms. The fourth-order valence-electron chi connectivity index (χ4n) is 1.35. The average molecular weight is 273 g/mol. The molecule has 98 valence electrons. The van der Waals surface area contributed by atoms with Crippen LogP contribution in [0.25, 0.3) is 0 Å². The van der Waals surface area contributed by atoms with Crippen LogP contribution in [0, 0.1) is 16.0 Å². The van der Waals surface area contributed by atoms with Crippen LogP contribution in [0.2, 0.25) is 5.02 Å². The maximum absolute atomic E-state index is 10.8. The van der Waals surface area contributed by atoms with Crippen molar-refractivity contribution in [3.05, 3.63) is 33.3 Å². The molecule has 0 fully saturated rings. The number of carbonyl (C=O) groups is 1. The van der Waals surface area contributed by atoms with Crippen LogP contribution in [-0.4, -0.2) is 22.5 Å². The van der Waals surface area contributed by atoms with Gasteiger partial charge in [0.15, 0.2) is 0 Å². The molecule has 1 unspecified atom stereocenters. The van der Waals surface area contributed by atoms with Crippen LogP contribution in [-0.2, 0) is 4.79 Å². The van der Waals surface area contributed by atoms with Crippen LogP contribution in [0.5, 0.6) is 0 Å². The third kappa shape index (κ3) is 3.89. The zero-order valence-electron chi connectivity index (χ0n) is 9.72. The van der Waals surface area contributed by atoms with Crippen molar-refractivity contribution in [1.82, 2.24) is 0 Å². The maximum atomic E-state index is 10.8. The van der Waals surface area contributed by atoms with Crippen molar-refractivity contribution in [3.63, 3.8) is 0 Å². The molecule has 1 rings (SSSR count). The van der Waals surface area contributed by atoms with E-state index in [-0.39, 0.29) is 10.7 Å². The van der Waals surface area contributed by atoms with Crippen molar-refractivity contribution < 1.29 is 14.8 Å². The number of carboxylic acids is 1. The molecule has 0 aromatic heterocycles. The molecule has 0 saturated carbocycles. The van der Waals surface area contributed by atoms with Crippen molar-refractivity contribution in [2.45, 2.75) is 13.3 Å². The van der Waals surface area contributed by atoms with Crippen LogP contribution in [0.15, 0.2) is 18.2 Å². The smallest absolute Gasteiger partial charge is 0.306 e. The van der Waals surface area contributed by atoms with Crippen molar-refractivity contribution in [2.75, 3.05) is 11.9 Å². The first-order valence-electron chi connectivity index (χ1n) is 5.32. The molecule has 1 aromatic carbocycles. The first-order chi connectivity index (χ1) is 8.41. The Morgan fingerprint density at radius 1 is 1.61 bits per heavy atom. The number of nitro benzene ring substituents is 1. The molecule has 2 N–H and O–H groups in total. The third-order valence-corrected chi connectivity index (χ3v) is 2.71. The molecule has 0 spiro atoms. The average Bonchev–Trinajstić information content (AvgIpc) is 2.30. The summed E-state index contributed by atoms with van der Waals surface area (Å²) in [5.41, 5.74) is 0.215. The Morgan fingerprint density at radius 3 is 2.83 bits per heavy atom. The summed E-state index contributed by atoms with van der Waals surface area (Å²) in [5.74, 6) is -1.38. The molecule has 0 bridgehead atoms. The molecule has 1 atom stereocenters. The normalized spacial score (nSPS) is 11.9. The number of nitrogens with zero attached hydrogens (tertiary/aromatic N) is 1. The standard InChI is InChI=1S/C11H13ClN2O4/c1-7(11(15)16)4-5-13-9-3-2-8(12)6-10(9)14(17)18/h2-3,6-7,13H,4-5H2,1H3,(H,15,16). The quantitative estimate of drug-likeness (QED) is 0.613. The molecular formula is C11H13ClN2O4. The number of benzene rings is 1. The zero-order chi connectivity index (χ0) is 13.7. The van der Waals surface area contributed by atoms with Gasteiger partial charge in [-0.2, -0.15) is 0 Å². The molecule has 6 nitrogen and oxygen atoms in total. The van der Waals surface area contributed by atoms with Crippen LogP contribution in [0.3, 0.4) is 0 Å². The number of anilines is 1. The molecule has 0 aliphatic heterocycles. The van der Waals surface area contributed by atoms with E-state index in [1.54, 1.807) is 6.92 Å². The summed E-state index contributed by atoms with van der Waals surface area (Å²) in [5, 5.41) is 22.6. The highest BCUT2D eigenvalue weighted by molar-refractivity contribution is 6.30. The summed E-state index contributed by atoms with van der Waals surface area (Å²) in [4.78, 5) is 20.9. The minimum atomic E-state index is -0.887. The minimum Gasteiger partial charge on any atom is -0.481 e. The summed E-state index contributed by atoms with van der Waals surface area (Å²) in [6.45, 7) is 1.93. The number of rotatable bonds is 6. The molecule has 0 radical (unpaired) electrons. The number of hydrogen-bond donors (Lipinski definition) is 2. The van der Waals surface area contributed by atoms with Gasteiger partial charge in [0.1, 0.15) is 5.69 Å². The van der Waals surface area contributed by atoms with E-state index in [4.69, 9.17) is 16.7 Å². The van der Waals surface area contributed by atoms with E-state index in [0.717, 1.165) is 0 Å². The van der Waals surface area contributed by atoms with Gasteiger partial charge in [0, 0.05) is 17.6 Å². The van der Waals surface area contributed by atoms with Gasteiger partial charge in [0.05, 0.1) is 10.8 Å². The summed E-state index contributed by atoms with van der Waals surface area (Å²) in [7, 11) is 0. The minimum absolute atomic E-state index is 0.120. The highest BCUT2D eigenvalue weighted by Crippen LogP contribution is 2.27. The number of hydrogen-bond acceptors (Lipinski definition) is 4. The maximum Gasteiger partial charge on any atom is 0.306 e. The van der Waals surface area contributed by atoms with Gasteiger partial charge >= 0.3 is 5.97 Å². The number of nitro groups is 1. The lowest BCUT2D eigenvalue weighted by Crippen LogP contribution is -2.14. The van der Waals surface area contributed by atoms with Gasteiger partial charge in [-0.1, -0.05) is 18.5 Å². The lowest BCUT2D eigenvalue weighted by atomic mass is 10.1. The molecule has 0 amide bonds. The molecule has 0 aliphatic rings. The molecule has 1 aromatic rings. The Balaban J connectivity index is 2.67. The predicted octanol–water partition coefficient (Wildman–Crippen LogP) is 2.77. The molecule has 0 saturated heterocycles. The summed E-state index contributed by atoms with van der Waals surface area (Å²) in [6, 6.07) is 4.30. The third-order valence-electron chi connectivity index (χ3n) is 2.47. The van der Waals surface area contributed by atoms with E-state index < -0.39 is 16.8 Å². The number of nitrogens with one attached hydrogen (secondary N) is 1. The van der Waals surface area contributed by atoms with E-state index in [0.29, 0.717) is 18.7 Å². The van der Waals surface area contributed by atoms with Crippen LogP contribution in [0.1, 0.15) is 13.3 Å². The Hall–Kier alpha value is -1.82. The van der Waals surface area contributed by atoms with Crippen molar-refractivity contribution in [1.29, 1.82) is 0 Å². The lowest BCUT2D eigenvalue weighted by molar-refractivity contribution is -0.383. The second-order valence-corrected chi connectivity index (χ2v) is 4.31. The first kappa shape index (κ1) is 14.2. The SMILES string of the molecule is CC(CCNc1ccc(Cl)cc1[N+](=O)[O-])C(=O)O. The van der Waals surface area contributed by atoms with Gasteiger partial charge in [-0.25, -0.2) is 0 Å². The Bertz CT molecular complexity index is 464. The molecule has 18 heavy (non-hydrogen) atoms. The largest absolute Gasteiger partial charge is 0.481 e. The van der Waals surface area contributed by atoms with Crippen LogP contribution < -0.4 is 5.32 Å². The Kier molecular flexibility index (Phi) is 4.91. The molecule has 0 aliphatic carbocycles. The van der Waals surface area contributed by atoms with E-state index in [1.165, 1.54) is 18.2 Å². The van der Waals surface area contributed by atoms with E-state index >= 15 is 0 Å². The fraction of sp³-hybridized carbons (Fsp3) is 0.364. The van der Waals surface area contributed by atoms with E-state index in [2.05, 4.69) is 5.32 Å². The van der Waals surface area contributed by atoms with E-state index in [9.17, 15) is 14.9 Å². The summed E-state index contributed by atoms with van der Waals surface area (Å²) in [6.07, 6.45) is 0.384. The van der Waals surface area contributed by atoms with Crippen molar-refractivity contribution in [3.8, 4) is 0 Å². The lowest BCUT2D eigenvalue weighted by Gasteiger charge is -2.09. The molecule has 0 heterocycles. The van der Waals surface area contributed by atoms with Gasteiger partial charge in [0.25, 0.3) is 5.69 Å². The predicted molar refractivity (Wildman–Crippen MR) is 68.0 cm³/mol. The fourth-order valence-corrected chi connectivity index (χ4v) is 1.52. The van der Waals surface area contributed by atoms with Gasteiger partial charge in [-0.3, -0.25) is 14.9 Å². The van der Waals surface area contributed by atoms with Crippen LogP contribution >= 0.6 is 11.6 Å². The van der Waals surface area contributed by atoms with Gasteiger partial charge < -0.3 is 10.4 Å². The first-order valence-corrected chi connectivity index (χ1v) is 5.70. The number of carboxylic acid groups (broad SMARTS) is 1.